The number of benzene rings is 2. The summed E-state index contributed by atoms with van der Waals surface area (Å²) in [5.41, 5.74) is 1.90. The Bertz CT molecular complexity index is 540. The molecule has 0 fully saturated rings. The molecule has 1 unspecified atom stereocenters. The minimum atomic E-state index is -0.259. The van der Waals surface area contributed by atoms with Gasteiger partial charge in [-0.3, -0.25) is 0 Å². The topological polar surface area (TPSA) is 9.23 Å². The molecule has 0 spiro atoms. The summed E-state index contributed by atoms with van der Waals surface area (Å²) in [4.78, 5) is -0.0616. The fourth-order valence-corrected chi connectivity index (χ4v) is 3.16. The van der Waals surface area contributed by atoms with E-state index in [0.717, 1.165) is 16.9 Å². The van der Waals surface area contributed by atoms with Gasteiger partial charge in [0.05, 0.1) is 16.4 Å². The maximum Gasteiger partial charge on any atom is 0.137 e. The van der Waals surface area contributed by atoms with Crippen LogP contribution in [-0.4, -0.2) is 7.11 Å². The smallest absolute Gasteiger partial charge is 0.137 e. The largest absolute Gasteiger partial charge is 0.497 e. The monoisotopic (exact) mass is 372 g/mol. The summed E-state index contributed by atoms with van der Waals surface area (Å²) in [6.07, 6.45) is 0. The maximum absolute atomic E-state index is 13.5. The van der Waals surface area contributed by atoms with E-state index in [1.807, 2.05) is 30.3 Å². The van der Waals surface area contributed by atoms with Crippen LogP contribution in [0.25, 0.3) is 0 Å². The lowest BCUT2D eigenvalue weighted by Crippen LogP contribution is -1.96. The SMILES string of the molecule is COc1ccc(C(Br)c2cccc(F)c2Br)cc1. The van der Waals surface area contributed by atoms with Crippen molar-refractivity contribution in [3.63, 3.8) is 0 Å². The normalized spacial score (nSPS) is 12.2. The molecule has 4 heteroatoms. The Labute approximate surface area is 122 Å². The van der Waals surface area contributed by atoms with Crippen molar-refractivity contribution in [1.82, 2.24) is 0 Å². The molecule has 2 aromatic rings. The number of ether oxygens (including phenoxy) is 1. The minimum Gasteiger partial charge on any atom is -0.497 e. The molecule has 94 valence electrons. The van der Waals surface area contributed by atoms with Crippen molar-refractivity contribution in [2.75, 3.05) is 7.11 Å². The Kier molecular flexibility index (Phi) is 4.40. The Hall–Kier alpha value is -0.870. The van der Waals surface area contributed by atoms with Gasteiger partial charge in [-0.2, -0.15) is 0 Å². The highest BCUT2D eigenvalue weighted by Crippen LogP contribution is 2.36. The molecule has 0 aromatic heterocycles. The highest BCUT2D eigenvalue weighted by atomic mass is 79.9. The second-order valence-electron chi connectivity index (χ2n) is 3.78. The first-order valence-electron chi connectivity index (χ1n) is 5.35. The molecule has 18 heavy (non-hydrogen) atoms. The standard InChI is InChI=1S/C14H11Br2FO/c1-18-10-7-5-9(6-8-10)13(15)11-3-2-4-12(17)14(11)16/h2-8,13H,1H3. The van der Waals surface area contributed by atoms with Crippen molar-refractivity contribution in [2.24, 2.45) is 0 Å². The quantitative estimate of drug-likeness (QED) is 0.681. The molecule has 0 aliphatic rings. The zero-order chi connectivity index (χ0) is 13.1. The first kappa shape index (κ1) is 13.6. The van der Waals surface area contributed by atoms with Crippen LogP contribution in [0.5, 0.6) is 5.75 Å². The van der Waals surface area contributed by atoms with Gasteiger partial charge in [0.15, 0.2) is 0 Å². The van der Waals surface area contributed by atoms with E-state index in [1.54, 1.807) is 13.2 Å². The molecule has 0 bridgehead atoms. The minimum absolute atomic E-state index is 0.0616. The van der Waals surface area contributed by atoms with E-state index in [-0.39, 0.29) is 10.6 Å². The lowest BCUT2D eigenvalue weighted by molar-refractivity contribution is 0.414. The molecule has 2 aromatic carbocycles. The van der Waals surface area contributed by atoms with Crippen LogP contribution in [0.3, 0.4) is 0 Å². The number of hydrogen-bond acceptors (Lipinski definition) is 1. The zero-order valence-corrected chi connectivity index (χ0v) is 12.8. The van der Waals surface area contributed by atoms with Crippen molar-refractivity contribution in [2.45, 2.75) is 4.83 Å². The number of halogens is 3. The molecule has 0 aliphatic carbocycles. The van der Waals surface area contributed by atoms with Crippen LogP contribution in [0, 0.1) is 5.82 Å². The van der Waals surface area contributed by atoms with Gasteiger partial charge in [0.25, 0.3) is 0 Å². The fourth-order valence-electron chi connectivity index (χ4n) is 1.67. The Morgan fingerprint density at radius 3 is 2.39 bits per heavy atom. The second kappa shape index (κ2) is 5.85. The van der Waals surface area contributed by atoms with Crippen LogP contribution < -0.4 is 4.74 Å². The molecule has 1 nitrogen and oxygen atoms in total. The van der Waals surface area contributed by atoms with Crippen LogP contribution in [0.15, 0.2) is 46.9 Å². The zero-order valence-electron chi connectivity index (χ0n) is 9.66. The summed E-state index contributed by atoms with van der Waals surface area (Å²) in [5.74, 6) is 0.544. The lowest BCUT2D eigenvalue weighted by atomic mass is 10.0. The summed E-state index contributed by atoms with van der Waals surface area (Å²) >= 11 is 6.86. The summed E-state index contributed by atoms with van der Waals surface area (Å²) < 4.78 is 19.1. The van der Waals surface area contributed by atoms with Gasteiger partial charge in [-0.05, 0) is 45.3 Å². The number of hydrogen-bond donors (Lipinski definition) is 0. The molecule has 0 N–H and O–H groups in total. The molecule has 2 rings (SSSR count). The molecule has 0 radical (unpaired) electrons. The summed E-state index contributed by atoms with van der Waals surface area (Å²) in [6.45, 7) is 0. The van der Waals surface area contributed by atoms with Crippen molar-refractivity contribution in [1.29, 1.82) is 0 Å². The van der Waals surface area contributed by atoms with E-state index in [1.165, 1.54) is 6.07 Å². The summed E-state index contributed by atoms with van der Waals surface area (Å²) in [6, 6.07) is 12.7. The van der Waals surface area contributed by atoms with E-state index in [0.29, 0.717) is 4.47 Å². The predicted molar refractivity (Wildman–Crippen MR) is 77.9 cm³/mol. The highest BCUT2D eigenvalue weighted by Gasteiger charge is 2.15. The summed E-state index contributed by atoms with van der Waals surface area (Å²) in [5, 5.41) is 0. The van der Waals surface area contributed by atoms with E-state index in [2.05, 4.69) is 31.9 Å². The molecule has 0 aliphatic heterocycles. The Balaban J connectivity index is 2.35. The van der Waals surface area contributed by atoms with Crippen LogP contribution in [0.4, 0.5) is 4.39 Å². The van der Waals surface area contributed by atoms with Crippen molar-refractivity contribution >= 4 is 31.9 Å². The van der Waals surface area contributed by atoms with Gasteiger partial charge < -0.3 is 4.74 Å². The Morgan fingerprint density at radius 1 is 1.11 bits per heavy atom. The van der Waals surface area contributed by atoms with Crippen LogP contribution >= 0.6 is 31.9 Å². The van der Waals surface area contributed by atoms with Crippen molar-refractivity contribution in [3.8, 4) is 5.75 Å². The third kappa shape index (κ3) is 2.75. The van der Waals surface area contributed by atoms with Crippen molar-refractivity contribution < 1.29 is 9.13 Å². The van der Waals surface area contributed by atoms with E-state index < -0.39 is 0 Å². The van der Waals surface area contributed by atoms with Gasteiger partial charge in [-0.15, -0.1) is 0 Å². The molecular weight excluding hydrogens is 363 g/mol. The van der Waals surface area contributed by atoms with Gasteiger partial charge in [-0.25, -0.2) is 4.39 Å². The number of alkyl halides is 1. The second-order valence-corrected chi connectivity index (χ2v) is 5.49. The van der Waals surface area contributed by atoms with Gasteiger partial charge in [0.1, 0.15) is 11.6 Å². The molecule has 0 amide bonds. The van der Waals surface area contributed by atoms with Gasteiger partial charge >= 0.3 is 0 Å². The van der Waals surface area contributed by atoms with Crippen LogP contribution in [-0.2, 0) is 0 Å². The number of methoxy groups -OCH3 is 1. The number of rotatable bonds is 3. The average Bonchev–Trinajstić information content (AvgIpc) is 2.41. The van der Waals surface area contributed by atoms with Crippen LogP contribution in [0.2, 0.25) is 0 Å². The van der Waals surface area contributed by atoms with Crippen LogP contribution in [0.1, 0.15) is 16.0 Å². The predicted octanol–water partition coefficient (Wildman–Crippen LogP) is 5.08. The Morgan fingerprint density at radius 2 is 1.78 bits per heavy atom. The van der Waals surface area contributed by atoms with Gasteiger partial charge in [0.2, 0.25) is 0 Å². The average molecular weight is 374 g/mol. The third-order valence-corrected chi connectivity index (χ3v) is 4.52. The van der Waals surface area contributed by atoms with E-state index in [9.17, 15) is 4.39 Å². The van der Waals surface area contributed by atoms with Gasteiger partial charge in [0, 0.05) is 0 Å². The summed E-state index contributed by atoms with van der Waals surface area (Å²) in [7, 11) is 1.63. The molecule has 0 heterocycles. The highest BCUT2D eigenvalue weighted by molar-refractivity contribution is 9.11. The maximum atomic E-state index is 13.5. The fraction of sp³-hybridized carbons (Fsp3) is 0.143. The lowest BCUT2D eigenvalue weighted by Gasteiger charge is -2.13. The molecule has 0 saturated heterocycles. The van der Waals surface area contributed by atoms with E-state index >= 15 is 0 Å². The van der Waals surface area contributed by atoms with Gasteiger partial charge in [-0.1, -0.05) is 40.2 Å². The van der Waals surface area contributed by atoms with E-state index in [4.69, 9.17) is 4.74 Å². The molecule has 1 atom stereocenters. The molecular formula is C14H11Br2FO. The van der Waals surface area contributed by atoms with Crippen molar-refractivity contribution in [3.05, 3.63) is 63.9 Å². The molecule has 0 saturated carbocycles. The first-order valence-corrected chi connectivity index (χ1v) is 7.06. The third-order valence-electron chi connectivity index (χ3n) is 2.66. The first-order chi connectivity index (χ1) is 8.63.